The molecule has 11 heteroatoms. The fraction of sp³-hybridized carbons (Fsp3) is 0.778. The Bertz CT molecular complexity index is 527. The molecule has 3 N–H and O–H groups in total. The number of unbranched alkanes of at least 4 members (excludes halogenated alkanes) is 4. The maximum Gasteiger partial charge on any atom is 1.00 e. The molecule has 0 rings (SSSR count). The van der Waals surface area contributed by atoms with Gasteiger partial charge in [0.05, 0.1) is 12.4 Å². The first-order valence-electron chi connectivity index (χ1n) is 9.14. The molecule has 0 heterocycles. The van der Waals surface area contributed by atoms with Crippen molar-refractivity contribution in [2.24, 2.45) is 11.8 Å². The zero-order valence-corrected chi connectivity index (χ0v) is 21.5. The summed E-state index contributed by atoms with van der Waals surface area (Å²) in [6.07, 6.45) is 2.60. The van der Waals surface area contributed by atoms with Gasteiger partial charge in [0.15, 0.2) is 0 Å². The molecular weight excluding hydrogens is 406 g/mol. The summed E-state index contributed by atoms with van der Waals surface area (Å²) in [5.74, 6) is -9.37. The summed E-state index contributed by atoms with van der Waals surface area (Å²) in [6, 6.07) is 0. The number of carbonyl (C=O) groups is 4. The van der Waals surface area contributed by atoms with Crippen molar-refractivity contribution >= 4 is 23.9 Å². The second-order valence-electron chi connectivity index (χ2n) is 6.83. The molecule has 0 saturated carbocycles. The quantitative estimate of drug-likeness (QED) is 0.158. The number of hydrogen-bond donors (Lipinski definition) is 3. The Morgan fingerprint density at radius 1 is 0.862 bits per heavy atom. The van der Waals surface area contributed by atoms with Gasteiger partial charge in [-0.3, -0.25) is 9.59 Å². The first-order chi connectivity index (χ1) is 12.6. The van der Waals surface area contributed by atoms with Gasteiger partial charge in [-0.1, -0.05) is 39.0 Å². The molecule has 0 aromatic heterocycles. The second kappa shape index (κ2) is 17.5. The molecule has 0 aromatic carbocycles. The third-order valence-corrected chi connectivity index (χ3v) is 4.66. The van der Waals surface area contributed by atoms with Crippen molar-refractivity contribution < 1.29 is 104 Å². The zero-order chi connectivity index (χ0) is 21.0. The van der Waals surface area contributed by atoms with Gasteiger partial charge in [-0.05, 0) is 25.2 Å². The largest absolute Gasteiger partial charge is 1.00 e. The molecule has 0 radical (unpaired) electrons. The van der Waals surface area contributed by atoms with Gasteiger partial charge in [0, 0.05) is 18.3 Å². The van der Waals surface area contributed by atoms with E-state index in [0.29, 0.717) is 25.7 Å². The van der Waals surface area contributed by atoms with Crippen LogP contribution in [0, 0.1) is 11.8 Å². The van der Waals surface area contributed by atoms with Crippen LogP contribution in [0.5, 0.6) is 0 Å². The van der Waals surface area contributed by atoms with Crippen LogP contribution in [0.1, 0.15) is 71.1 Å². The molecule has 3 unspecified atom stereocenters. The van der Waals surface area contributed by atoms with Crippen molar-refractivity contribution in [3.63, 3.8) is 0 Å². The van der Waals surface area contributed by atoms with Crippen LogP contribution in [-0.2, 0) is 19.2 Å². The van der Waals surface area contributed by atoms with E-state index in [1.54, 1.807) is 0 Å². The van der Waals surface area contributed by atoms with Crippen LogP contribution in [0.4, 0.5) is 0 Å². The van der Waals surface area contributed by atoms with Gasteiger partial charge in [0.1, 0.15) is 5.60 Å². The summed E-state index contributed by atoms with van der Waals surface area (Å²) in [7, 11) is 0. The van der Waals surface area contributed by atoms with Crippen molar-refractivity contribution in [3.8, 4) is 0 Å². The molecule has 0 spiro atoms. The van der Waals surface area contributed by atoms with E-state index in [0.717, 1.165) is 12.8 Å². The molecule has 29 heavy (non-hydrogen) atoms. The van der Waals surface area contributed by atoms with Crippen molar-refractivity contribution in [2.45, 2.75) is 76.7 Å². The van der Waals surface area contributed by atoms with Gasteiger partial charge in [-0.25, -0.2) is 0 Å². The van der Waals surface area contributed by atoms with Crippen LogP contribution in [-0.4, -0.2) is 44.8 Å². The van der Waals surface area contributed by atoms with E-state index in [9.17, 15) is 34.5 Å². The molecule has 156 valence electrons. The Kier molecular flexibility index (Phi) is 20.2. The minimum Gasteiger partial charge on any atom is -0.550 e. The summed E-state index contributed by atoms with van der Waals surface area (Å²) >= 11 is 0. The molecule has 0 saturated heterocycles. The summed E-state index contributed by atoms with van der Waals surface area (Å²) < 4.78 is 0. The number of carboxylic acid groups (broad SMARTS) is 4. The number of carbonyl (C=O) groups excluding carboxylic acids is 2. The standard InChI is InChI=1S/C18H30O9.2Na/c1-2-3-5-8-12(9-6-4-7-10-13(19)20)15(16(23)24)18(27,17(25)26)11-14(21)22;;/h12,15,27H,2-11H2,1H3,(H,19,20)(H,21,22)(H,23,24)(H,25,26);;/q;2*+1/p-2. The summed E-state index contributed by atoms with van der Waals surface area (Å²) in [5, 5.41) is 50.9. The molecule has 9 nitrogen and oxygen atoms in total. The van der Waals surface area contributed by atoms with Crippen molar-refractivity contribution in [3.05, 3.63) is 0 Å². The molecule has 0 aliphatic rings. The average molecular weight is 434 g/mol. The van der Waals surface area contributed by atoms with Crippen LogP contribution < -0.4 is 69.3 Å². The van der Waals surface area contributed by atoms with Gasteiger partial charge in [-0.15, -0.1) is 0 Å². The Morgan fingerprint density at radius 2 is 1.38 bits per heavy atom. The maximum absolute atomic E-state index is 11.7. The van der Waals surface area contributed by atoms with Crippen LogP contribution >= 0.6 is 0 Å². The molecule has 0 amide bonds. The SMILES string of the molecule is CCCCCC(CCCCCC(=O)O)C(C(=O)[O-])C(O)(CC(=O)O)C(=O)[O-].[Na+].[Na+]. The Morgan fingerprint density at radius 3 is 1.76 bits per heavy atom. The molecule has 0 bridgehead atoms. The summed E-state index contributed by atoms with van der Waals surface area (Å²) in [6.45, 7) is 1.93. The molecule has 0 aromatic rings. The monoisotopic (exact) mass is 434 g/mol. The van der Waals surface area contributed by atoms with E-state index in [1.807, 2.05) is 6.92 Å². The van der Waals surface area contributed by atoms with Crippen molar-refractivity contribution in [1.82, 2.24) is 0 Å². The van der Waals surface area contributed by atoms with Crippen LogP contribution in [0.3, 0.4) is 0 Å². The van der Waals surface area contributed by atoms with E-state index in [2.05, 4.69) is 0 Å². The zero-order valence-electron chi connectivity index (χ0n) is 17.5. The Balaban J connectivity index is -0.00000338. The Hall–Kier alpha value is -0.160. The molecule has 0 aliphatic heterocycles. The molecule has 0 fully saturated rings. The number of aliphatic hydroxyl groups is 1. The normalized spacial score (nSPS) is 14.4. The Labute approximate surface area is 214 Å². The minimum atomic E-state index is -3.08. The fourth-order valence-electron chi connectivity index (χ4n) is 3.31. The number of carboxylic acids is 4. The number of aliphatic carboxylic acids is 4. The molecule has 3 atom stereocenters. The predicted molar refractivity (Wildman–Crippen MR) is 89.1 cm³/mol. The van der Waals surface area contributed by atoms with Gasteiger partial charge in [0.25, 0.3) is 0 Å². The second-order valence-corrected chi connectivity index (χ2v) is 6.83. The van der Waals surface area contributed by atoms with Crippen LogP contribution in [0.2, 0.25) is 0 Å². The first-order valence-corrected chi connectivity index (χ1v) is 9.14. The van der Waals surface area contributed by atoms with E-state index in [1.165, 1.54) is 0 Å². The topological polar surface area (TPSA) is 175 Å². The molecular formula is C18H28Na2O9. The van der Waals surface area contributed by atoms with E-state index < -0.39 is 47.7 Å². The smallest absolute Gasteiger partial charge is 0.550 e. The predicted octanol–water partition coefficient (Wildman–Crippen LogP) is -6.45. The van der Waals surface area contributed by atoms with Crippen molar-refractivity contribution in [1.29, 1.82) is 0 Å². The maximum atomic E-state index is 11.7. The summed E-state index contributed by atoms with van der Waals surface area (Å²) in [4.78, 5) is 44.6. The third-order valence-electron chi connectivity index (χ3n) is 4.66. The molecule has 0 aliphatic carbocycles. The first kappa shape index (κ1) is 33.5. The summed E-state index contributed by atoms with van der Waals surface area (Å²) in [5.41, 5.74) is -3.08. The number of hydrogen-bond acceptors (Lipinski definition) is 7. The van der Waals surface area contributed by atoms with Crippen LogP contribution in [0.25, 0.3) is 0 Å². The van der Waals surface area contributed by atoms with E-state index >= 15 is 0 Å². The van der Waals surface area contributed by atoms with Gasteiger partial charge in [0.2, 0.25) is 0 Å². The van der Waals surface area contributed by atoms with E-state index in [4.69, 9.17) is 10.2 Å². The van der Waals surface area contributed by atoms with Gasteiger partial charge >= 0.3 is 71.1 Å². The average Bonchev–Trinajstić information content (AvgIpc) is 2.52. The fourth-order valence-corrected chi connectivity index (χ4v) is 3.31. The van der Waals surface area contributed by atoms with Crippen molar-refractivity contribution in [2.75, 3.05) is 0 Å². The van der Waals surface area contributed by atoms with Gasteiger partial charge in [-0.2, -0.15) is 0 Å². The van der Waals surface area contributed by atoms with Crippen LogP contribution in [0.15, 0.2) is 0 Å². The number of rotatable bonds is 16. The van der Waals surface area contributed by atoms with E-state index in [-0.39, 0.29) is 78.4 Å². The van der Waals surface area contributed by atoms with Gasteiger partial charge < -0.3 is 35.1 Å². The minimum absolute atomic E-state index is 0. The third kappa shape index (κ3) is 13.0.